The molecule has 1 aromatic heterocycles. The molecule has 0 fully saturated rings. The SMILES string of the molecule is ClC1CCc2ccccc2O1.c1ccncc1. The standard InChI is InChI=1S/C9H9ClO.C5H5N/c10-9-6-5-7-3-1-2-4-8(7)11-9;1-2-4-6-5-3-1/h1-4,9H,5-6H2;1-5H. The van der Waals surface area contributed by atoms with Crippen LogP contribution < -0.4 is 4.74 Å². The summed E-state index contributed by atoms with van der Waals surface area (Å²) in [6.45, 7) is 0. The van der Waals surface area contributed by atoms with E-state index in [1.165, 1.54) is 5.56 Å². The van der Waals surface area contributed by atoms with Crippen LogP contribution in [0.2, 0.25) is 0 Å². The number of nitrogens with zero attached hydrogens (tertiary/aromatic N) is 1. The van der Waals surface area contributed by atoms with Gasteiger partial charge in [-0.2, -0.15) is 0 Å². The molecule has 3 heteroatoms. The summed E-state index contributed by atoms with van der Waals surface area (Å²) in [5.74, 6) is 0.943. The van der Waals surface area contributed by atoms with Gasteiger partial charge in [-0.05, 0) is 30.2 Å². The lowest BCUT2D eigenvalue weighted by atomic mass is 10.1. The molecule has 2 heterocycles. The van der Waals surface area contributed by atoms with Crippen molar-refractivity contribution in [3.05, 3.63) is 60.4 Å². The summed E-state index contributed by atoms with van der Waals surface area (Å²) in [7, 11) is 0. The van der Waals surface area contributed by atoms with Crippen LogP contribution in [0.15, 0.2) is 54.9 Å². The minimum Gasteiger partial charge on any atom is -0.474 e. The molecule has 0 saturated heterocycles. The molecular weight excluding hydrogens is 234 g/mol. The third-order valence-electron chi connectivity index (χ3n) is 2.43. The van der Waals surface area contributed by atoms with E-state index in [2.05, 4.69) is 11.1 Å². The average molecular weight is 248 g/mol. The molecule has 1 unspecified atom stereocenters. The van der Waals surface area contributed by atoms with Gasteiger partial charge in [0.15, 0.2) is 5.56 Å². The van der Waals surface area contributed by atoms with Crippen LogP contribution in [-0.4, -0.2) is 10.5 Å². The maximum atomic E-state index is 5.82. The van der Waals surface area contributed by atoms with Gasteiger partial charge >= 0.3 is 0 Å². The molecule has 0 bridgehead atoms. The summed E-state index contributed by atoms with van der Waals surface area (Å²) in [6.07, 6.45) is 5.45. The van der Waals surface area contributed by atoms with Gasteiger partial charge in [0.1, 0.15) is 5.75 Å². The number of fused-ring (bicyclic) bond motifs is 1. The predicted molar refractivity (Wildman–Crippen MR) is 69.3 cm³/mol. The van der Waals surface area contributed by atoms with Gasteiger partial charge in [0, 0.05) is 18.8 Å². The topological polar surface area (TPSA) is 22.1 Å². The number of ether oxygens (including phenoxy) is 1. The summed E-state index contributed by atoms with van der Waals surface area (Å²) in [6, 6.07) is 13.7. The highest BCUT2D eigenvalue weighted by molar-refractivity contribution is 6.19. The van der Waals surface area contributed by atoms with Crippen LogP contribution in [0, 0.1) is 0 Å². The van der Waals surface area contributed by atoms with Crippen molar-refractivity contribution < 1.29 is 4.74 Å². The molecule has 1 atom stereocenters. The van der Waals surface area contributed by atoms with E-state index in [-0.39, 0.29) is 5.56 Å². The lowest BCUT2D eigenvalue weighted by Crippen LogP contribution is -2.16. The Morgan fingerprint density at radius 3 is 2.47 bits per heavy atom. The Labute approximate surface area is 106 Å². The molecule has 0 aliphatic carbocycles. The van der Waals surface area contributed by atoms with E-state index < -0.39 is 0 Å². The van der Waals surface area contributed by atoms with E-state index in [0.29, 0.717) is 0 Å². The van der Waals surface area contributed by atoms with E-state index >= 15 is 0 Å². The summed E-state index contributed by atoms with van der Waals surface area (Å²) in [4.78, 5) is 3.78. The van der Waals surface area contributed by atoms with Crippen LogP contribution in [0.25, 0.3) is 0 Å². The van der Waals surface area contributed by atoms with Crippen LogP contribution in [-0.2, 0) is 6.42 Å². The van der Waals surface area contributed by atoms with Crippen molar-refractivity contribution in [1.82, 2.24) is 4.98 Å². The first-order valence-electron chi connectivity index (χ1n) is 5.60. The Bertz CT molecular complexity index is 420. The van der Waals surface area contributed by atoms with Gasteiger partial charge in [-0.25, -0.2) is 0 Å². The highest BCUT2D eigenvalue weighted by Gasteiger charge is 2.15. The van der Waals surface area contributed by atoms with Crippen molar-refractivity contribution in [2.45, 2.75) is 18.4 Å². The first kappa shape index (κ1) is 11.9. The van der Waals surface area contributed by atoms with Crippen LogP contribution in [0.1, 0.15) is 12.0 Å². The Morgan fingerprint density at radius 1 is 1.06 bits per heavy atom. The van der Waals surface area contributed by atoms with Crippen LogP contribution >= 0.6 is 11.6 Å². The zero-order valence-corrected chi connectivity index (χ0v) is 10.2. The third-order valence-corrected chi connectivity index (χ3v) is 2.74. The molecule has 17 heavy (non-hydrogen) atoms. The van der Waals surface area contributed by atoms with Crippen molar-refractivity contribution in [1.29, 1.82) is 0 Å². The zero-order chi connectivity index (χ0) is 11.9. The Kier molecular flexibility index (Phi) is 4.39. The van der Waals surface area contributed by atoms with Crippen molar-refractivity contribution in [3.63, 3.8) is 0 Å². The van der Waals surface area contributed by atoms with Crippen molar-refractivity contribution in [3.8, 4) is 5.75 Å². The smallest absolute Gasteiger partial charge is 0.172 e. The average Bonchev–Trinajstić information content (AvgIpc) is 2.41. The summed E-state index contributed by atoms with van der Waals surface area (Å²) in [5, 5.41) is 0. The first-order valence-corrected chi connectivity index (χ1v) is 6.03. The monoisotopic (exact) mass is 247 g/mol. The van der Waals surface area contributed by atoms with Gasteiger partial charge in [-0.1, -0.05) is 35.9 Å². The number of para-hydroxylation sites is 1. The molecule has 1 aromatic carbocycles. The minimum absolute atomic E-state index is 0.134. The fourth-order valence-electron chi connectivity index (χ4n) is 1.60. The number of hydrogen-bond donors (Lipinski definition) is 0. The van der Waals surface area contributed by atoms with E-state index in [0.717, 1.165) is 18.6 Å². The maximum Gasteiger partial charge on any atom is 0.172 e. The first-order chi connectivity index (χ1) is 8.36. The van der Waals surface area contributed by atoms with Crippen LogP contribution in [0.5, 0.6) is 5.75 Å². The fourth-order valence-corrected chi connectivity index (χ4v) is 1.81. The molecule has 0 saturated carbocycles. The lowest BCUT2D eigenvalue weighted by Gasteiger charge is -2.20. The third kappa shape index (κ3) is 3.75. The Morgan fingerprint density at radius 2 is 1.82 bits per heavy atom. The second kappa shape index (κ2) is 6.26. The minimum atomic E-state index is -0.134. The second-order valence-corrected chi connectivity index (χ2v) is 4.19. The summed E-state index contributed by atoms with van der Waals surface area (Å²) in [5.41, 5.74) is 1.13. The van der Waals surface area contributed by atoms with Crippen LogP contribution in [0.3, 0.4) is 0 Å². The van der Waals surface area contributed by atoms with Gasteiger partial charge in [0.05, 0.1) is 0 Å². The van der Waals surface area contributed by atoms with Gasteiger partial charge in [0.2, 0.25) is 0 Å². The zero-order valence-electron chi connectivity index (χ0n) is 9.42. The summed E-state index contributed by atoms with van der Waals surface area (Å²) >= 11 is 5.82. The largest absolute Gasteiger partial charge is 0.474 e. The Hall–Kier alpha value is -1.54. The van der Waals surface area contributed by atoms with Crippen molar-refractivity contribution >= 4 is 11.6 Å². The quantitative estimate of drug-likeness (QED) is 0.663. The number of rotatable bonds is 0. The number of aryl methyl sites for hydroxylation is 1. The molecule has 1 aliphatic heterocycles. The molecule has 2 aromatic rings. The number of alkyl halides is 1. The predicted octanol–water partition coefficient (Wildman–Crippen LogP) is 3.66. The van der Waals surface area contributed by atoms with Gasteiger partial charge < -0.3 is 4.74 Å². The van der Waals surface area contributed by atoms with Gasteiger partial charge in [0.25, 0.3) is 0 Å². The second-order valence-electron chi connectivity index (χ2n) is 3.70. The van der Waals surface area contributed by atoms with E-state index in [9.17, 15) is 0 Å². The number of halogens is 1. The normalized spacial score (nSPS) is 17.1. The number of benzene rings is 1. The van der Waals surface area contributed by atoms with E-state index in [1.807, 2.05) is 36.4 Å². The number of hydrogen-bond acceptors (Lipinski definition) is 2. The van der Waals surface area contributed by atoms with Gasteiger partial charge in [-0.3, -0.25) is 4.98 Å². The molecular formula is C14H14ClNO. The summed E-state index contributed by atoms with van der Waals surface area (Å²) < 4.78 is 5.40. The van der Waals surface area contributed by atoms with Gasteiger partial charge in [-0.15, -0.1) is 0 Å². The highest BCUT2D eigenvalue weighted by Crippen LogP contribution is 2.27. The number of aromatic nitrogens is 1. The molecule has 88 valence electrons. The van der Waals surface area contributed by atoms with Crippen LogP contribution in [0.4, 0.5) is 0 Å². The maximum absolute atomic E-state index is 5.82. The molecule has 0 radical (unpaired) electrons. The van der Waals surface area contributed by atoms with Crippen molar-refractivity contribution in [2.24, 2.45) is 0 Å². The number of pyridine rings is 1. The molecule has 1 aliphatic rings. The fraction of sp³-hybridized carbons (Fsp3) is 0.214. The molecule has 2 nitrogen and oxygen atoms in total. The van der Waals surface area contributed by atoms with E-state index in [1.54, 1.807) is 12.4 Å². The molecule has 0 N–H and O–H groups in total. The lowest BCUT2D eigenvalue weighted by molar-refractivity contribution is 0.249. The molecule has 0 spiro atoms. The molecule has 0 amide bonds. The molecule has 3 rings (SSSR count). The van der Waals surface area contributed by atoms with Crippen molar-refractivity contribution in [2.75, 3.05) is 0 Å². The highest BCUT2D eigenvalue weighted by atomic mass is 35.5. The Balaban J connectivity index is 0.000000153. The van der Waals surface area contributed by atoms with E-state index in [4.69, 9.17) is 16.3 Å².